The summed E-state index contributed by atoms with van der Waals surface area (Å²) in [5.74, 6) is -1.21. The van der Waals surface area contributed by atoms with Crippen molar-refractivity contribution in [3.8, 4) is 0 Å². The number of amides is 1. The molecule has 0 radical (unpaired) electrons. The van der Waals surface area contributed by atoms with Crippen molar-refractivity contribution in [2.24, 2.45) is 0 Å². The number of rotatable bonds is 5. The zero-order valence-corrected chi connectivity index (χ0v) is 11.4. The third-order valence-electron chi connectivity index (χ3n) is 2.68. The molecule has 0 aromatic heterocycles. The topological polar surface area (TPSA) is 66.4 Å². The van der Waals surface area contributed by atoms with Gasteiger partial charge in [-0.25, -0.2) is 0 Å². The molecule has 19 heavy (non-hydrogen) atoms. The van der Waals surface area contributed by atoms with Gasteiger partial charge in [-0.15, -0.1) is 0 Å². The number of hydrogen-bond donors (Lipinski definition) is 2. The van der Waals surface area contributed by atoms with Crippen LogP contribution in [0.25, 0.3) is 0 Å². The molecule has 0 saturated heterocycles. The zero-order valence-electron chi connectivity index (χ0n) is 11.4. The van der Waals surface area contributed by atoms with Crippen LogP contribution >= 0.6 is 0 Å². The van der Waals surface area contributed by atoms with Crippen LogP contribution in [0.2, 0.25) is 0 Å². The van der Waals surface area contributed by atoms with Crippen LogP contribution in [0.3, 0.4) is 0 Å². The van der Waals surface area contributed by atoms with Crippen molar-refractivity contribution in [2.75, 3.05) is 0 Å². The van der Waals surface area contributed by atoms with Crippen molar-refractivity contribution in [1.29, 1.82) is 0 Å². The van der Waals surface area contributed by atoms with Crippen molar-refractivity contribution in [2.45, 2.75) is 33.2 Å². The Morgan fingerprint density at radius 2 is 1.95 bits per heavy atom. The molecule has 0 aliphatic carbocycles. The maximum atomic E-state index is 11.7. The van der Waals surface area contributed by atoms with Gasteiger partial charge in [-0.1, -0.05) is 29.8 Å². The molecule has 0 aliphatic heterocycles. The van der Waals surface area contributed by atoms with Crippen LogP contribution in [0, 0.1) is 6.92 Å². The van der Waals surface area contributed by atoms with Gasteiger partial charge in [0.2, 0.25) is 5.91 Å². The minimum atomic E-state index is -0.939. The van der Waals surface area contributed by atoms with Gasteiger partial charge < -0.3 is 10.4 Å². The molecule has 0 saturated carbocycles. The number of carboxylic acids is 1. The second-order valence-electron chi connectivity index (χ2n) is 4.74. The summed E-state index contributed by atoms with van der Waals surface area (Å²) in [6.45, 7) is 5.54. The van der Waals surface area contributed by atoms with Crippen LogP contribution in [0.5, 0.6) is 0 Å². The molecule has 0 spiro atoms. The average molecular weight is 261 g/mol. The molecule has 1 aromatic carbocycles. The lowest BCUT2D eigenvalue weighted by atomic mass is 9.98. The summed E-state index contributed by atoms with van der Waals surface area (Å²) < 4.78 is 0. The molecular weight excluding hydrogens is 242 g/mol. The van der Waals surface area contributed by atoms with Gasteiger partial charge in [0.25, 0.3) is 0 Å². The molecule has 1 atom stereocenters. The minimum Gasteiger partial charge on any atom is -0.481 e. The van der Waals surface area contributed by atoms with E-state index in [4.69, 9.17) is 5.11 Å². The molecular formula is C15H19NO3. The number of aliphatic carboxylic acids is 1. The predicted molar refractivity (Wildman–Crippen MR) is 73.7 cm³/mol. The summed E-state index contributed by atoms with van der Waals surface area (Å²) in [5.41, 5.74) is 2.67. The number of carboxylic acid groups (broad SMARTS) is 1. The Kier molecular flexibility index (Phi) is 5.30. The number of aryl methyl sites for hydroxylation is 1. The highest BCUT2D eigenvalue weighted by Gasteiger charge is 2.18. The van der Waals surface area contributed by atoms with Gasteiger partial charge in [-0.05, 0) is 31.9 Å². The van der Waals surface area contributed by atoms with Crippen LogP contribution in [0.15, 0.2) is 35.9 Å². The van der Waals surface area contributed by atoms with Crippen LogP contribution < -0.4 is 5.32 Å². The largest absolute Gasteiger partial charge is 0.481 e. The molecule has 1 rings (SSSR count). The fourth-order valence-electron chi connectivity index (χ4n) is 1.87. The van der Waals surface area contributed by atoms with E-state index in [2.05, 4.69) is 5.32 Å². The Balaban J connectivity index is 2.96. The highest BCUT2D eigenvalue weighted by molar-refractivity contribution is 5.88. The molecule has 2 N–H and O–H groups in total. The third kappa shape index (κ3) is 4.95. The van der Waals surface area contributed by atoms with Gasteiger partial charge >= 0.3 is 5.97 Å². The Morgan fingerprint density at radius 3 is 2.47 bits per heavy atom. The summed E-state index contributed by atoms with van der Waals surface area (Å²) in [7, 11) is 0. The van der Waals surface area contributed by atoms with Crippen molar-refractivity contribution in [3.05, 3.63) is 47.0 Å². The molecule has 0 bridgehead atoms. The number of benzene rings is 1. The molecule has 0 fully saturated rings. The standard InChI is InChI=1S/C15H19NO3/c1-10(2)8-14(17)16-13(9-15(18)19)12-7-5-4-6-11(12)3/h4-8,13H,9H2,1-3H3,(H,16,17)(H,18,19)/t13-/m1/s1. The second kappa shape index (κ2) is 6.73. The Labute approximate surface area is 113 Å². The van der Waals surface area contributed by atoms with E-state index >= 15 is 0 Å². The molecule has 0 heterocycles. The first kappa shape index (κ1) is 15.0. The lowest BCUT2D eigenvalue weighted by molar-refractivity contribution is -0.137. The van der Waals surface area contributed by atoms with E-state index in [0.717, 1.165) is 16.7 Å². The number of hydrogen-bond acceptors (Lipinski definition) is 2. The van der Waals surface area contributed by atoms with Crippen molar-refractivity contribution < 1.29 is 14.7 Å². The van der Waals surface area contributed by atoms with E-state index in [0.29, 0.717) is 0 Å². The van der Waals surface area contributed by atoms with E-state index in [1.54, 1.807) is 0 Å². The number of carbonyl (C=O) groups is 2. The molecule has 1 amide bonds. The Morgan fingerprint density at radius 1 is 1.32 bits per heavy atom. The van der Waals surface area contributed by atoms with E-state index in [1.807, 2.05) is 45.0 Å². The fraction of sp³-hybridized carbons (Fsp3) is 0.333. The third-order valence-corrected chi connectivity index (χ3v) is 2.68. The van der Waals surface area contributed by atoms with E-state index in [9.17, 15) is 9.59 Å². The highest BCUT2D eigenvalue weighted by Crippen LogP contribution is 2.20. The van der Waals surface area contributed by atoms with Gasteiger partial charge in [0.1, 0.15) is 0 Å². The summed E-state index contributed by atoms with van der Waals surface area (Å²) in [6.07, 6.45) is 1.33. The maximum Gasteiger partial charge on any atom is 0.305 e. The lowest BCUT2D eigenvalue weighted by Gasteiger charge is -2.18. The summed E-state index contributed by atoms with van der Waals surface area (Å²) in [6, 6.07) is 6.95. The van der Waals surface area contributed by atoms with Crippen LogP contribution in [0.4, 0.5) is 0 Å². The minimum absolute atomic E-state index is 0.132. The fourth-order valence-corrected chi connectivity index (χ4v) is 1.87. The molecule has 0 unspecified atom stereocenters. The molecule has 4 heteroatoms. The highest BCUT2D eigenvalue weighted by atomic mass is 16.4. The van der Waals surface area contributed by atoms with Gasteiger partial charge in [0, 0.05) is 6.08 Å². The lowest BCUT2D eigenvalue weighted by Crippen LogP contribution is -2.29. The number of nitrogens with one attached hydrogen (secondary N) is 1. The van der Waals surface area contributed by atoms with E-state index in [1.165, 1.54) is 6.08 Å². The van der Waals surface area contributed by atoms with Gasteiger partial charge in [-0.3, -0.25) is 9.59 Å². The first-order chi connectivity index (χ1) is 8.90. The first-order valence-corrected chi connectivity index (χ1v) is 6.13. The predicted octanol–water partition coefficient (Wildman–Crippen LogP) is 2.59. The molecule has 1 aromatic rings. The summed E-state index contributed by atoms with van der Waals surface area (Å²) in [5, 5.41) is 11.7. The molecule has 0 aliphatic rings. The maximum absolute atomic E-state index is 11.7. The molecule has 4 nitrogen and oxygen atoms in total. The van der Waals surface area contributed by atoms with Gasteiger partial charge in [0.15, 0.2) is 0 Å². The van der Waals surface area contributed by atoms with Crippen molar-refractivity contribution in [1.82, 2.24) is 5.32 Å². The van der Waals surface area contributed by atoms with E-state index < -0.39 is 12.0 Å². The summed E-state index contributed by atoms with van der Waals surface area (Å²) >= 11 is 0. The molecule has 102 valence electrons. The first-order valence-electron chi connectivity index (χ1n) is 6.13. The van der Waals surface area contributed by atoms with Gasteiger partial charge in [-0.2, -0.15) is 0 Å². The summed E-state index contributed by atoms with van der Waals surface area (Å²) in [4.78, 5) is 22.7. The SMILES string of the molecule is CC(C)=CC(=O)N[C@H](CC(=O)O)c1ccccc1C. The average Bonchev–Trinajstić information content (AvgIpc) is 2.26. The number of carbonyl (C=O) groups excluding carboxylic acids is 1. The van der Waals surface area contributed by atoms with Crippen LogP contribution in [-0.4, -0.2) is 17.0 Å². The second-order valence-corrected chi connectivity index (χ2v) is 4.74. The van der Waals surface area contributed by atoms with Gasteiger partial charge in [0.05, 0.1) is 12.5 Å². The zero-order chi connectivity index (χ0) is 14.4. The van der Waals surface area contributed by atoms with E-state index in [-0.39, 0.29) is 12.3 Å². The van der Waals surface area contributed by atoms with Crippen LogP contribution in [-0.2, 0) is 9.59 Å². The number of allylic oxidation sites excluding steroid dienone is 1. The van der Waals surface area contributed by atoms with Crippen molar-refractivity contribution >= 4 is 11.9 Å². The quantitative estimate of drug-likeness (QED) is 0.801. The monoisotopic (exact) mass is 261 g/mol. The Hall–Kier alpha value is -2.10. The normalized spacial score (nSPS) is 11.5. The van der Waals surface area contributed by atoms with Crippen LogP contribution in [0.1, 0.15) is 37.4 Å². The smallest absolute Gasteiger partial charge is 0.305 e. The Bertz CT molecular complexity index is 502. The van der Waals surface area contributed by atoms with Crippen molar-refractivity contribution in [3.63, 3.8) is 0 Å².